The van der Waals surface area contributed by atoms with Gasteiger partial charge in [0.05, 0.1) is 0 Å². The lowest BCUT2D eigenvalue weighted by molar-refractivity contribution is -0.00207. The molecule has 1 unspecified atom stereocenters. The Balaban J connectivity index is 2.84. The summed E-state index contributed by atoms with van der Waals surface area (Å²) < 4.78 is 5.44. The Morgan fingerprint density at radius 2 is 2.21 bits per heavy atom. The van der Waals surface area contributed by atoms with Crippen LogP contribution < -0.4 is 0 Å². The van der Waals surface area contributed by atoms with Crippen LogP contribution in [0.2, 0.25) is 0 Å². The summed E-state index contributed by atoms with van der Waals surface area (Å²) >= 11 is 7.22. The summed E-state index contributed by atoms with van der Waals surface area (Å²) in [5, 5.41) is 10.1. The number of hydrogen-bond donors (Lipinski definition) is 0. The van der Waals surface area contributed by atoms with Crippen LogP contribution in [0.5, 0.6) is 0 Å². The summed E-state index contributed by atoms with van der Waals surface area (Å²) in [6, 6.07) is 0. The molecular weight excluding hydrogens is 220 g/mol. The predicted molar refractivity (Wildman–Crippen MR) is 59.0 cm³/mol. The van der Waals surface area contributed by atoms with E-state index in [0.29, 0.717) is 5.88 Å². The highest BCUT2D eigenvalue weighted by Crippen LogP contribution is 2.30. The minimum Gasteiger partial charge on any atom is -0.371 e. The van der Waals surface area contributed by atoms with Gasteiger partial charge in [0, 0.05) is 19.4 Å². The third-order valence-electron chi connectivity index (χ3n) is 2.35. The van der Waals surface area contributed by atoms with E-state index in [0.717, 1.165) is 22.9 Å². The molecule has 80 valence electrons. The number of rotatable bonds is 5. The number of ether oxygens (including phenoxy) is 1. The van der Waals surface area contributed by atoms with Gasteiger partial charge in [-0.2, -0.15) is 0 Å². The van der Waals surface area contributed by atoms with Gasteiger partial charge in [-0.3, -0.25) is 0 Å². The van der Waals surface area contributed by atoms with Gasteiger partial charge in [0.15, 0.2) is 0 Å². The Labute approximate surface area is 93.5 Å². The van der Waals surface area contributed by atoms with Crippen molar-refractivity contribution in [2.45, 2.75) is 32.3 Å². The Kier molecular flexibility index (Phi) is 4.29. The molecule has 0 bridgehead atoms. The first-order chi connectivity index (χ1) is 6.66. The molecule has 1 rings (SSSR count). The smallest absolute Gasteiger partial charge is 0.149 e. The number of aryl methyl sites for hydroxylation is 1. The molecule has 0 aliphatic heterocycles. The van der Waals surface area contributed by atoms with Crippen LogP contribution in [0.25, 0.3) is 0 Å². The van der Waals surface area contributed by atoms with Gasteiger partial charge < -0.3 is 4.74 Å². The van der Waals surface area contributed by atoms with E-state index in [-0.39, 0.29) is 5.60 Å². The minimum atomic E-state index is -0.303. The van der Waals surface area contributed by atoms with Gasteiger partial charge in [-0.05, 0) is 13.3 Å². The molecule has 1 heterocycles. The maximum atomic E-state index is 5.63. The van der Waals surface area contributed by atoms with E-state index in [9.17, 15) is 0 Å². The van der Waals surface area contributed by atoms with Crippen LogP contribution in [0.4, 0.5) is 0 Å². The number of methoxy groups -OCH3 is 1. The molecule has 1 aromatic rings. The van der Waals surface area contributed by atoms with Crippen molar-refractivity contribution >= 4 is 22.9 Å². The second-order valence-corrected chi connectivity index (χ2v) is 4.67. The largest absolute Gasteiger partial charge is 0.371 e. The summed E-state index contributed by atoms with van der Waals surface area (Å²) in [7, 11) is 1.70. The van der Waals surface area contributed by atoms with Crippen molar-refractivity contribution in [3.63, 3.8) is 0 Å². The topological polar surface area (TPSA) is 35.0 Å². The van der Waals surface area contributed by atoms with Crippen molar-refractivity contribution in [3.8, 4) is 0 Å². The fourth-order valence-electron chi connectivity index (χ4n) is 1.03. The van der Waals surface area contributed by atoms with Crippen LogP contribution in [-0.4, -0.2) is 23.2 Å². The molecule has 3 nitrogen and oxygen atoms in total. The summed E-state index contributed by atoms with van der Waals surface area (Å²) in [5.74, 6) is 0.588. The van der Waals surface area contributed by atoms with Crippen LogP contribution in [0.1, 0.15) is 30.3 Å². The van der Waals surface area contributed by atoms with Crippen molar-refractivity contribution in [2.75, 3.05) is 13.0 Å². The number of alkyl halides is 1. The van der Waals surface area contributed by atoms with E-state index in [1.54, 1.807) is 18.4 Å². The first-order valence-electron chi connectivity index (χ1n) is 4.60. The molecule has 0 aliphatic rings. The van der Waals surface area contributed by atoms with Gasteiger partial charge in [-0.25, -0.2) is 0 Å². The fourth-order valence-corrected chi connectivity index (χ4v) is 2.36. The van der Waals surface area contributed by atoms with Gasteiger partial charge >= 0.3 is 0 Å². The lowest BCUT2D eigenvalue weighted by Crippen LogP contribution is -2.22. The van der Waals surface area contributed by atoms with Gasteiger partial charge in [0.2, 0.25) is 0 Å². The maximum absolute atomic E-state index is 5.63. The number of hydrogen-bond acceptors (Lipinski definition) is 4. The van der Waals surface area contributed by atoms with Crippen molar-refractivity contribution in [1.29, 1.82) is 0 Å². The van der Waals surface area contributed by atoms with Crippen LogP contribution in [0.3, 0.4) is 0 Å². The highest BCUT2D eigenvalue weighted by molar-refractivity contribution is 7.11. The molecule has 0 aliphatic carbocycles. The highest BCUT2D eigenvalue weighted by Gasteiger charge is 2.28. The molecular formula is C9H15ClN2OS. The molecule has 0 radical (unpaired) electrons. The van der Waals surface area contributed by atoms with Crippen molar-refractivity contribution in [3.05, 3.63) is 10.0 Å². The molecule has 0 fully saturated rings. The zero-order valence-electron chi connectivity index (χ0n) is 8.71. The average Bonchev–Trinajstić information content (AvgIpc) is 2.66. The SMILES string of the molecule is CCC(C)(OC)c1nnc(CCCl)s1. The Morgan fingerprint density at radius 3 is 2.71 bits per heavy atom. The van der Waals surface area contributed by atoms with Gasteiger partial charge in [0.25, 0.3) is 0 Å². The monoisotopic (exact) mass is 234 g/mol. The highest BCUT2D eigenvalue weighted by atomic mass is 35.5. The summed E-state index contributed by atoms with van der Waals surface area (Å²) in [4.78, 5) is 0. The molecule has 0 spiro atoms. The molecule has 0 aromatic carbocycles. The van der Waals surface area contributed by atoms with Crippen LogP contribution in [0, 0.1) is 0 Å². The molecule has 0 saturated carbocycles. The van der Waals surface area contributed by atoms with Gasteiger partial charge in [0.1, 0.15) is 15.6 Å². The molecule has 0 saturated heterocycles. The van der Waals surface area contributed by atoms with E-state index in [4.69, 9.17) is 16.3 Å². The van der Waals surface area contributed by atoms with Crippen molar-refractivity contribution in [2.24, 2.45) is 0 Å². The minimum absolute atomic E-state index is 0.303. The summed E-state index contributed by atoms with van der Waals surface area (Å²) in [6.45, 7) is 4.10. The second-order valence-electron chi connectivity index (χ2n) is 3.23. The standard InChI is InChI=1S/C9H15ClN2OS/c1-4-9(2,13-3)8-12-11-7(14-8)5-6-10/h4-6H2,1-3H3. The predicted octanol–water partition coefficient (Wildman–Crippen LogP) is 2.59. The van der Waals surface area contributed by atoms with Crippen LogP contribution >= 0.6 is 22.9 Å². The maximum Gasteiger partial charge on any atom is 0.149 e. The van der Waals surface area contributed by atoms with Crippen LogP contribution in [0.15, 0.2) is 0 Å². The fraction of sp³-hybridized carbons (Fsp3) is 0.778. The van der Waals surface area contributed by atoms with Gasteiger partial charge in [-0.15, -0.1) is 21.8 Å². The second kappa shape index (κ2) is 5.05. The normalized spacial score (nSPS) is 15.4. The average molecular weight is 235 g/mol. The summed E-state index contributed by atoms with van der Waals surface area (Å²) in [5.41, 5.74) is -0.303. The number of halogens is 1. The zero-order valence-corrected chi connectivity index (χ0v) is 10.3. The Morgan fingerprint density at radius 1 is 1.50 bits per heavy atom. The molecule has 1 aromatic heterocycles. The van der Waals surface area contributed by atoms with Crippen molar-refractivity contribution in [1.82, 2.24) is 10.2 Å². The number of aromatic nitrogens is 2. The van der Waals surface area contributed by atoms with Gasteiger partial charge in [-0.1, -0.05) is 18.3 Å². The summed E-state index contributed by atoms with van der Waals surface area (Å²) in [6.07, 6.45) is 1.67. The molecule has 0 N–H and O–H groups in total. The number of nitrogens with zero attached hydrogens (tertiary/aromatic N) is 2. The zero-order chi connectivity index (χ0) is 10.6. The third-order valence-corrected chi connectivity index (χ3v) is 3.77. The van der Waals surface area contributed by atoms with E-state index in [1.165, 1.54) is 0 Å². The van der Waals surface area contributed by atoms with Crippen LogP contribution in [-0.2, 0) is 16.8 Å². The molecule has 5 heteroatoms. The molecule has 14 heavy (non-hydrogen) atoms. The quantitative estimate of drug-likeness (QED) is 0.735. The Bertz CT molecular complexity index is 286. The first kappa shape index (κ1) is 11.9. The van der Waals surface area contributed by atoms with E-state index in [2.05, 4.69) is 17.1 Å². The Hall–Kier alpha value is -0.190. The first-order valence-corrected chi connectivity index (χ1v) is 5.95. The van der Waals surface area contributed by atoms with Crippen molar-refractivity contribution < 1.29 is 4.74 Å². The lowest BCUT2D eigenvalue weighted by atomic mass is 10.1. The van der Waals surface area contributed by atoms with E-state index < -0.39 is 0 Å². The van der Waals surface area contributed by atoms with E-state index >= 15 is 0 Å². The molecule has 1 atom stereocenters. The molecule has 0 amide bonds. The third kappa shape index (κ3) is 2.43. The lowest BCUT2D eigenvalue weighted by Gasteiger charge is -2.22. The van der Waals surface area contributed by atoms with E-state index in [1.807, 2.05) is 6.92 Å².